The van der Waals surface area contributed by atoms with Gasteiger partial charge in [-0.05, 0) is 29.8 Å². The number of aliphatic hydroxyl groups is 1. The molecule has 2 aromatic heterocycles. The Morgan fingerprint density at radius 2 is 1.75 bits per heavy atom. The molecule has 0 fully saturated rings. The minimum Gasteiger partial charge on any atom is -0.435 e. The van der Waals surface area contributed by atoms with Crippen LogP contribution in [0.5, 0.6) is 5.75 Å². The lowest BCUT2D eigenvalue weighted by atomic mass is 10.1. The summed E-state index contributed by atoms with van der Waals surface area (Å²) >= 11 is 0. The minimum absolute atomic E-state index is 0.0565. The first kappa shape index (κ1) is 16.1. The molecule has 0 amide bonds. The van der Waals surface area contributed by atoms with Crippen molar-refractivity contribution in [1.29, 1.82) is 0 Å². The van der Waals surface area contributed by atoms with E-state index in [1.807, 2.05) is 16.7 Å². The van der Waals surface area contributed by atoms with Gasteiger partial charge < -0.3 is 14.4 Å². The van der Waals surface area contributed by atoms with Crippen molar-refractivity contribution >= 4 is 0 Å². The number of nitrogens with zero attached hydrogens (tertiary/aromatic N) is 3. The van der Waals surface area contributed by atoms with E-state index in [2.05, 4.69) is 14.7 Å². The van der Waals surface area contributed by atoms with Gasteiger partial charge in [-0.2, -0.15) is 8.78 Å². The second-order valence-electron chi connectivity index (χ2n) is 5.10. The van der Waals surface area contributed by atoms with Crippen LogP contribution in [0.1, 0.15) is 11.7 Å². The van der Waals surface area contributed by atoms with Gasteiger partial charge in [0.15, 0.2) is 0 Å². The third-order valence-corrected chi connectivity index (χ3v) is 3.51. The second kappa shape index (κ2) is 7.18. The van der Waals surface area contributed by atoms with Crippen molar-refractivity contribution < 1.29 is 18.6 Å². The molecular weight excluding hydrogens is 316 g/mol. The average molecular weight is 331 g/mol. The van der Waals surface area contributed by atoms with Gasteiger partial charge in [-0.15, -0.1) is 0 Å². The molecule has 1 aromatic carbocycles. The lowest BCUT2D eigenvalue weighted by molar-refractivity contribution is -0.0498. The Bertz CT molecular complexity index is 776. The summed E-state index contributed by atoms with van der Waals surface area (Å²) in [5.41, 5.74) is 1.49. The van der Waals surface area contributed by atoms with Crippen molar-refractivity contribution in [2.24, 2.45) is 0 Å². The predicted molar refractivity (Wildman–Crippen MR) is 83.5 cm³/mol. The van der Waals surface area contributed by atoms with Crippen LogP contribution in [0.25, 0.3) is 11.4 Å². The predicted octanol–water partition coefficient (Wildman–Crippen LogP) is 3.28. The van der Waals surface area contributed by atoms with Crippen LogP contribution < -0.4 is 4.74 Å². The standard InChI is InChI=1S/C17H15F2N3O2/c18-17(19)24-14-3-1-12(2-4-14)15(23)11-22-10-9-21-16(22)13-5-7-20-8-6-13/h1-10,15,17,23H,11H2. The van der Waals surface area contributed by atoms with E-state index in [9.17, 15) is 13.9 Å². The number of hydrogen-bond donors (Lipinski definition) is 1. The summed E-state index contributed by atoms with van der Waals surface area (Å²) in [6.07, 6.45) is 5.97. The van der Waals surface area contributed by atoms with Gasteiger partial charge in [-0.3, -0.25) is 4.98 Å². The Morgan fingerprint density at radius 3 is 2.42 bits per heavy atom. The highest BCUT2D eigenvalue weighted by molar-refractivity contribution is 5.54. The quantitative estimate of drug-likeness (QED) is 0.753. The van der Waals surface area contributed by atoms with Crippen molar-refractivity contribution in [3.63, 3.8) is 0 Å². The molecule has 5 nitrogen and oxygen atoms in total. The topological polar surface area (TPSA) is 60.2 Å². The number of pyridine rings is 1. The molecule has 0 saturated carbocycles. The fourth-order valence-corrected chi connectivity index (χ4v) is 2.38. The molecule has 1 atom stereocenters. The van der Waals surface area contributed by atoms with Crippen LogP contribution in [0.3, 0.4) is 0 Å². The molecule has 0 saturated heterocycles. The van der Waals surface area contributed by atoms with Crippen LogP contribution >= 0.6 is 0 Å². The molecule has 24 heavy (non-hydrogen) atoms. The summed E-state index contributed by atoms with van der Waals surface area (Å²) in [5.74, 6) is 0.773. The molecule has 0 bridgehead atoms. The Hall–Kier alpha value is -2.80. The smallest absolute Gasteiger partial charge is 0.387 e. The van der Waals surface area contributed by atoms with Crippen molar-refractivity contribution in [2.45, 2.75) is 19.3 Å². The van der Waals surface area contributed by atoms with Crippen molar-refractivity contribution in [3.8, 4) is 17.1 Å². The number of ether oxygens (including phenoxy) is 1. The fourth-order valence-electron chi connectivity index (χ4n) is 2.38. The zero-order valence-electron chi connectivity index (χ0n) is 12.6. The molecule has 0 aliphatic heterocycles. The molecule has 124 valence electrons. The number of hydrogen-bond acceptors (Lipinski definition) is 4. The van der Waals surface area contributed by atoms with Crippen LogP contribution in [0, 0.1) is 0 Å². The SMILES string of the molecule is OC(Cn1ccnc1-c1ccncc1)c1ccc(OC(F)F)cc1. The Kier molecular flexibility index (Phi) is 4.81. The lowest BCUT2D eigenvalue weighted by Crippen LogP contribution is -2.09. The number of halogens is 2. The number of benzene rings is 1. The van der Waals surface area contributed by atoms with Crippen molar-refractivity contribution in [3.05, 3.63) is 66.7 Å². The van der Waals surface area contributed by atoms with E-state index in [0.29, 0.717) is 11.4 Å². The van der Waals surface area contributed by atoms with Gasteiger partial charge >= 0.3 is 6.61 Å². The first-order chi connectivity index (χ1) is 11.6. The maximum Gasteiger partial charge on any atom is 0.387 e. The first-order valence-electron chi connectivity index (χ1n) is 7.28. The summed E-state index contributed by atoms with van der Waals surface area (Å²) in [6, 6.07) is 9.60. The van der Waals surface area contributed by atoms with Crippen molar-refractivity contribution in [2.75, 3.05) is 0 Å². The zero-order chi connectivity index (χ0) is 16.9. The second-order valence-corrected chi connectivity index (χ2v) is 5.10. The van der Waals surface area contributed by atoms with Gasteiger partial charge in [-0.25, -0.2) is 4.98 Å². The van der Waals surface area contributed by atoms with Crippen LogP contribution in [-0.2, 0) is 6.54 Å². The van der Waals surface area contributed by atoms with Gasteiger partial charge in [-0.1, -0.05) is 12.1 Å². The van der Waals surface area contributed by atoms with Crippen LogP contribution in [0.4, 0.5) is 8.78 Å². The Labute approximate surface area is 137 Å². The van der Waals surface area contributed by atoms with E-state index in [1.165, 1.54) is 12.1 Å². The fraction of sp³-hybridized carbons (Fsp3) is 0.176. The molecule has 0 aliphatic rings. The van der Waals surface area contributed by atoms with Crippen LogP contribution in [0.15, 0.2) is 61.2 Å². The molecule has 3 rings (SSSR count). The molecule has 1 unspecified atom stereocenters. The largest absolute Gasteiger partial charge is 0.435 e. The van der Waals surface area contributed by atoms with Gasteiger partial charge in [0.2, 0.25) is 0 Å². The molecule has 0 aliphatic carbocycles. The highest BCUT2D eigenvalue weighted by Crippen LogP contribution is 2.23. The monoisotopic (exact) mass is 331 g/mol. The number of aliphatic hydroxyl groups excluding tert-OH is 1. The zero-order valence-corrected chi connectivity index (χ0v) is 12.6. The summed E-state index contributed by atoms with van der Waals surface area (Å²) in [7, 11) is 0. The minimum atomic E-state index is -2.87. The van der Waals surface area contributed by atoms with E-state index < -0.39 is 12.7 Å². The number of rotatable bonds is 6. The van der Waals surface area contributed by atoms with E-state index in [0.717, 1.165) is 5.56 Å². The normalized spacial score (nSPS) is 12.3. The summed E-state index contributed by atoms with van der Waals surface area (Å²) in [5, 5.41) is 10.4. The first-order valence-corrected chi connectivity index (χ1v) is 7.28. The number of alkyl halides is 2. The number of aromatic nitrogens is 3. The van der Waals surface area contributed by atoms with E-state index in [-0.39, 0.29) is 12.3 Å². The van der Waals surface area contributed by atoms with Crippen molar-refractivity contribution in [1.82, 2.24) is 14.5 Å². The summed E-state index contributed by atoms with van der Waals surface area (Å²) < 4.78 is 30.4. The molecular formula is C17H15F2N3O2. The van der Waals surface area contributed by atoms with Gasteiger partial charge in [0, 0.05) is 30.4 Å². The molecule has 7 heteroatoms. The molecule has 2 heterocycles. The molecule has 1 N–H and O–H groups in total. The van der Waals surface area contributed by atoms with Gasteiger partial charge in [0.25, 0.3) is 0 Å². The maximum absolute atomic E-state index is 12.2. The van der Waals surface area contributed by atoms with E-state index >= 15 is 0 Å². The third-order valence-electron chi connectivity index (χ3n) is 3.51. The van der Waals surface area contributed by atoms with E-state index in [1.54, 1.807) is 36.9 Å². The van der Waals surface area contributed by atoms with Crippen LogP contribution in [0.2, 0.25) is 0 Å². The van der Waals surface area contributed by atoms with E-state index in [4.69, 9.17) is 0 Å². The van der Waals surface area contributed by atoms with Gasteiger partial charge in [0.05, 0.1) is 12.6 Å². The maximum atomic E-state index is 12.2. The Balaban J connectivity index is 1.74. The molecule has 3 aromatic rings. The number of imidazole rings is 1. The lowest BCUT2D eigenvalue weighted by Gasteiger charge is -2.15. The highest BCUT2D eigenvalue weighted by atomic mass is 19.3. The van der Waals surface area contributed by atoms with Crippen LogP contribution in [-0.4, -0.2) is 26.3 Å². The molecule has 0 radical (unpaired) electrons. The van der Waals surface area contributed by atoms with Gasteiger partial charge in [0.1, 0.15) is 11.6 Å². The average Bonchev–Trinajstić information content (AvgIpc) is 3.04. The Morgan fingerprint density at radius 1 is 1.04 bits per heavy atom. The molecule has 0 spiro atoms. The highest BCUT2D eigenvalue weighted by Gasteiger charge is 2.13. The summed E-state index contributed by atoms with van der Waals surface area (Å²) in [4.78, 5) is 8.27. The summed E-state index contributed by atoms with van der Waals surface area (Å²) in [6.45, 7) is -2.58. The third kappa shape index (κ3) is 3.75.